The van der Waals surface area contributed by atoms with E-state index >= 15 is 0 Å². The van der Waals surface area contributed by atoms with Crippen LogP contribution in [0.4, 0.5) is 4.79 Å². The Morgan fingerprint density at radius 2 is 2.12 bits per heavy atom. The Morgan fingerprint density at radius 3 is 2.81 bits per heavy atom. The maximum absolute atomic E-state index is 13.0. The first-order valence-corrected chi connectivity index (χ1v) is 10.6. The average Bonchev–Trinajstić information content (AvgIpc) is 3.48. The Balaban J connectivity index is 1.66. The van der Waals surface area contributed by atoms with Crippen LogP contribution in [0.2, 0.25) is 0 Å². The summed E-state index contributed by atoms with van der Waals surface area (Å²) in [7, 11) is 1.46. The molecule has 1 aliphatic heterocycles. The van der Waals surface area contributed by atoms with Crippen molar-refractivity contribution in [3.05, 3.63) is 54.1 Å². The molecule has 32 heavy (non-hydrogen) atoms. The van der Waals surface area contributed by atoms with Gasteiger partial charge in [-0.05, 0) is 24.9 Å². The van der Waals surface area contributed by atoms with E-state index in [1.165, 1.54) is 18.3 Å². The molecule has 2 atom stereocenters. The number of likely N-dealkylation sites (tertiary alicyclic amines) is 1. The van der Waals surface area contributed by atoms with Crippen molar-refractivity contribution in [2.45, 2.75) is 38.0 Å². The summed E-state index contributed by atoms with van der Waals surface area (Å²) in [5, 5.41) is 11.6. The molecule has 2 heterocycles. The first-order chi connectivity index (χ1) is 15.5. The lowest BCUT2D eigenvalue weighted by molar-refractivity contribution is -0.135. The molecule has 0 bridgehead atoms. The van der Waals surface area contributed by atoms with Crippen molar-refractivity contribution in [2.24, 2.45) is 0 Å². The molecular weight excluding hydrogens is 414 g/mol. The normalized spacial score (nSPS) is 17.0. The Hall–Kier alpha value is -3.24. The standard InChI is InChI=1S/C22H29N5O5/c1-26(22(31)32-14-16-6-3-2-4-7-16)19(12-17-13-23-15-24-17)21(30)25-20(29)18-8-5-9-27(18)10-11-28/h2-4,6-7,13,15,18-19,28H,5,8-12,14H2,1H3,(H,23,24)(H,25,29,30)/t18-,19-/m0/s1. The number of carbonyl (C=O) groups excluding carboxylic acids is 3. The van der Waals surface area contributed by atoms with Crippen molar-refractivity contribution < 1.29 is 24.2 Å². The predicted octanol–water partition coefficient (Wildman–Crippen LogP) is 0.689. The van der Waals surface area contributed by atoms with Crippen molar-refractivity contribution in [2.75, 3.05) is 26.7 Å². The molecule has 0 unspecified atom stereocenters. The summed E-state index contributed by atoms with van der Waals surface area (Å²) >= 11 is 0. The van der Waals surface area contributed by atoms with Gasteiger partial charge in [0, 0.05) is 31.9 Å². The van der Waals surface area contributed by atoms with Gasteiger partial charge in [0.05, 0.1) is 19.0 Å². The van der Waals surface area contributed by atoms with E-state index in [0.29, 0.717) is 25.2 Å². The van der Waals surface area contributed by atoms with Crippen molar-refractivity contribution >= 4 is 17.9 Å². The van der Waals surface area contributed by atoms with Crippen molar-refractivity contribution in [1.82, 2.24) is 25.1 Å². The molecule has 1 aliphatic rings. The number of hydrogen-bond acceptors (Lipinski definition) is 7. The van der Waals surface area contributed by atoms with E-state index in [-0.39, 0.29) is 19.6 Å². The van der Waals surface area contributed by atoms with E-state index in [1.807, 2.05) is 35.2 Å². The largest absolute Gasteiger partial charge is 0.445 e. The van der Waals surface area contributed by atoms with E-state index in [2.05, 4.69) is 15.3 Å². The number of ether oxygens (including phenoxy) is 1. The Labute approximate surface area is 186 Å². The number of aliphatic hydroxyl groups excluding tert-OH is 1. The Kier molecular flexibility index (Phi) is 8.34. The third-order valence-corrected chi connectivity index (χ3v) is 5.53. The lowest BCUT2D eigenvalue weighted by Crippen LogP contribution is -2.54. The molecule has 1 aromatic carbocycles. The van der Waals surface area contributed by atoms with E-state index in [4.69, 9.17) is 4.74 Å². The van der Waals surface area contributed by atoms with Crippen LogP contribution in [-0.4, -0.2) is 81.6 Å². The number of aromatic nitrogens is 2. The number of likely N-dealkylation sites (N-methyl/N-ethyl adjacent to an activating group) is 1. The van der Waals surface area contributed by atoms with Gasteiger partial charge in [-0.3, -0.25) is 24.7 Å². The number of rotatable bonds is 9. The number of H-pyrrole nitrogens is 1. The minimum atomic E-state index is -0.977. The lowest BCUT2D eigenvalue weighted by Gasteiger charge is -2.27. The highest BCUT2D eigenvalue weighted by Gasteiger charge is 2.35. The minimum Gasteiger partial charge on any atom is -0.445 e. The highest BCUT2D eigenvalue weighted by atomic mass is 16.6. The molecular formula is C22H29N5O5. The number of nitrogens with one attached hydrogen (secondary N) is 2. The van der Waals surface area contributed by atoms with Gasteiger partial charge in [-0.1, -0.05) is 30.3 Å². The number of aromatic amines is 1. The van der Waals surface area contributed by atoms with E-state index < -0.39 is 30.0 Å². The van der Waals surface area contributed by atoms with Gasteiger partial charge in [0.2, 0.25) is 11.8 Å². The Bertz CT molecular complexity index is 889. The van der Waals surface area contributed by atoms with Crippen LogP contribution < -0.4 is 5.32 Å². The topological polar surface area (TPSA) is 128 Å². The van der Waals surface area contributed by atoms with Gasteiger partial charge in [0.1, 0.15) is 12.6 Å². The fourth-order valence-corrected chi connectivity index (χ4v) is 3.77. The summed E-state index contributed by atoms with van der Waals surface area (Å²) < 4.78 is 5.35. The smallest absolute Gasteiger partial charge is 0.410 e. The maximum Gasteiger partial charge on any atom is 0.410 e. The quantitative estimate of drug-likeness (QED) is 0.520. The van der Waals surface area contributed by atoms with Gasteiger partial charge >= 0.3 is 6.09 Å². The fourth-order valence-electron chi connectivity index (χ4n) is 3.77. The number of nitrogens with zero attached hydrogens (tertiary/aromatic N) is 3. The number of aliphatic hydroxyl groups is 1. The van der Waals surface area contributed by atoms with Crippen molar-refractivity contribution in [3.63, 3.8) is 0 Å². The van der Waals surface area contributed by atoms with E-state index in [9.17, 15) is 19.5 Å². The number of imide groups is 1. The molecule has 0 spiro atoms. The second-order valence-corrected chi connectivity index (χ2v) is 7.72. The van der Waals surface area contributed by atoms with Crippen LogP contribution in [0.5, 0.6) is 0 Å². The lowest BCUT2D eigenvalue weighted by atomic mass is 10.1. The summed E-state index contributed by atoms with van der Waals surface area (Å²) in [6.45, 7) is 1.07. The zero-order valence-corrected chi connectivity index (χ0v) is 18.1. The summed E-state index contributed by atoms with van der Waals surface area (Å²) in [5.41, 5.74) is 1.47. The highest BCUT2D eigenvalue weighted by Crippen LogP contribution is 2.17. The summed E-state index contributed by atoms with van der Waals surface area (Å²) in [6.07, 6.45) is 3.93. The molecule has 2 aromatic rings. The van der Waals surface area contributed by atoms with Crippen LogP contribution >= 0.6 is 0 Å². The summed E-state index contributed by atoms with van der Waals surface area (Å²) in [5.74, 6) is -1.03. The molecule has 10 nitrogen and oxygen atoms in total. The van der Waals surface area contributed by atoms with E-state index in [0.717, 1.165) is 12.0 Å². The third-order valence-electron chi connectivity index (χ3n) is 5.53. The molecule has 3 amide bonds. The minimum absolute atomic E-state index is 0.0594. The zero-order chi connectivity index (χ0) is 22.9. The number of β-amino-alcohol motifs (C(OH)–C–C–N with tert-alkyl or cyclic N) is 1. The summed E-state index contributed by atoms with van der Waals surface area (Å²) in [6, 6.07) is 7.77. The molecule has 1 aromatic heterocycles. The molecule has 1 saturated heterocycles. The number of benzene rings is 1. The molecule has 1 fully saturated rings. The molecule has 172 valence electrons. The molecule has 0 radical (unpaired) electrons. The van der Waals surface area contributed by atoms with Crippen molar-refractivity contribution in [3.8, 4) is 0 Å². The van der Waals surface area contributed by atoms with E-state index in [1.54, 1.807) is 6.20 Å². The number of amides is 3. The number of imidazole rings is 1. The number of hydrogen-bond donors (Lipinski definition) is 3. The fraction of sp³-hybridized carbons (Fsp3) is 0.455. The van der Waals surface area contributed by atoms with Crippen LogP contribution in [0.15, 0.2) is 42.9 Å². The van der Waals surface area contributed by atoms with Crippen LogP contribution in [0.3, 0.4) is 0 Å². The molecule has 0 saturated carbocycles. The SMILES string of the molecule is CN(C(=O)OCc1ccccc1)[C@@H](Cc1cnc[nH]1)C(=O)NC(=O)[C@@H]1CCCN1CCO. The van der Waals surface area contributed by atoms with Crippen molar-refractivity contribution in [1.29, 1.82) is 0 Å². The Morgan fingerprint density at radius 1 is 1.34 bits per heavy atom. The zero-order valence-electron chi connectivity index (χ0n) is 18.1. The van der Waals surface area contributed by atoms with Crippen LogP contribution in [0.25, 0.3) is 0 Å². The summed E-state index contributed by atoms with van der Waals surface area (Å²) in [4.78, 5) is 48.3. The molecule has 10 heteroatoms. The predicted molar refractivity (Wildman–Crippen MR) is 115 cm³/mol. The number of carbonyl (C=O) groups is 3. The second-order valence-electron chi connectivity index (χ2n) is 7.72. The molecule has 3 N–H and O–H groups in total. The maximum atomic E-state index is 13.0. The van der Waals surface area contributed by atoms with Gasteiger partial charge < -0.3 is 14.8 Å². The monoisotopic (exact) mass is 443 g/mol. The van der Waals surface area contributed by atoms with Crippen LogP contribution in [0.1, 0.15) is 24.1 Å². The van der Waals surface area contributed by atoms with Gasteiger partial charge in [-0.25, -0.2) is 9.78 Å². The van der Waals surface area contributed by atoms with Gasteiger partial charge in [-0.2, -0.15) is 0 Å². The third kappa shape index (κ3) is 6.14. The molecule has 3 rings (SSSR count). The van der Waals surface area contributed by atoms with Gasteiger partial charge in [0.15, 0.2) is 0 Å². The highest BCUT2D eigenvalue weighted by molar-refractivity contribution is 6.01. The first-order valence-electron chi connectivity index (χ1n) is 10.6. The first kappa shape index (κ1) is 23.4. The van der Waals surface area contributed by atoms with Crippen LogP contribution in [-0.2, 0) is 27.4 Å². The van der Waals surface area contributed by atoms with Gasteiger partial charge in [0.25, 0.3) is 0 Å². The average molecular weight is 444 g/mol. The van der Waals surface area contributed by atoms with Gasteiger partial charge in [-0.15, -0.1) is 0 Å². The second kappa shape index (κ2) is 11.4. The van der Waals surface area contributed by atoms with Crippen LogP contribution in [0, 0.1) is 0 Å². The molecule has 0 aliphatic carbocycles.